The standard InChI is InChI=1S/C17H22ClFN2O2/c1-2-3-5-13(22)12-20-8-10-21(11-9-20)17(23)16-14(18)6-4-7-15(16)19/h2,4,6-7,13,22H,1,3,5,8-12H2. The zero-order chi connectivity index (χ0) is 16.8. The van der Waals surface area contributed by atoms with E-state index in [1.54, 1.807) is 11.0 Å². The zero-order valence-electron chi connectivity index (χ0n) is 13.0. The third-order valence-corrected chi connectivity index (χ3v) is 4.32. The molecule has 6 heteroatoms. The number of halogens is 2. The van der Waals surface area contributed by atoms with Crippen molar-refractivity contribution in [1.29, 1.82) is 0 Å². The monoisotopic (exact) mass is 340 g/mol. The van der Waals surface area contributed by atoms with E-state index >= 15 is 0 Å². The lowest BCUT2D eigenvalue weighted by molar-refractivity contribution is 0.0514. The summed E-state index contributed by atoms with van der Waals surface area (Å²) in [6.07, 6.45) is 2.87. The van der Waals surface area contributed by atoms with E-state index in [0.717, 1.165) is 6.42 Å². The molecule has 0 bridgehead atoms. The van der Waals surface area contributed by atoms with Crippen LogP contribution in [0, 0.1) is 5.82 Å². The van der Waals surface area contributed by atoms with Gasteiger partial charge in [-0.15, -0.1) is 6.58 Å². The third-order valence-electron chi connectivity index (χ3n) is 4.01. The van der Waals surface area contributed by atoms with Gasteiger partial charge in [-0.1, -0.05) is 23.7 Å². The number of piperazine rings is 1. The van der Waals surface area contributed by atoms with Crippen LogP contribution in [0.5, 0.6) is 0 Å². The second kappa shape index (κ2) is 8.43. The number of aliphatic hydroxyl groups excluding tert-OH is 1. The zero-order valence-corrected chi connectivity index (χ0v) is 13.8. The summed E-state index contributed by atoms with van der Waals surface area (Å²) in [7, 11) is 0. The largest absolute Gasteiger partial charge is 0.392 e. The van der Waals surface area contributed by atoms with E-state index < -0.39 is 11.9 Å². The number of carbonyl (C=O) groups is 1. The fourth-order valence-corrected chi connectivity index (χ4v) is 2.94. The number of nitrogens with zero attached hydrogens (tertiary/aromatic N) is 2. The lowest BCUT2D eigenvalue weighted by Crippen LogP contribution is -2.50. The first-order chi connectivity index (χ1) is 11.0. The van der Waals surface area contributed by atoms with Crippen LogP contribution in [-0.2, 0) is 0 Å². The number of hydrogen-bond donors (Lipinski definition) is 1. The first-order valence-electron chi connectivity index (χ1n) is 7.77. The Morgan fingerprint density at radius 3 is 2.70 bits per heavy atom. The molecule has 1 atom stereocenters. The van der Waals surface area contributed by atoms with Crippen LogP contribution in [0.25, 0.3) is 0 Å². The van der Waals surface area contributed by atoms with E-state index in [9.17, 15) is 14.3 Å². The Hall–Kier alpha value is -1.43. The van der Waals surface area contributed by atoms with Crippen molar-refractivity contribution >= 4 is 17.5 Å². The molecule has 0 aromatic heterocycles. The maximum absolute atomic E-state index is 13.8. The Morgan fingerprint density at radius 2 is 2.09 bits per heavy atom. The van der Waals surface area contributed by atoms with Crippen LogP contribution in [0.4, 0.5) is 4.39 Å². The molecule has 1 heterocycles. The number of hydrogen-bond acceptors (Lipinski definition) is 3. The van der Waals surface area contributed by atoms with Gasteiger partial charge in [-0.2, -0.15) is 0 Å². The molecule has 0 radical (unpaired) electrons. The second-order valence-corrected chi connectivity index (χ2v) is 6.12. The SMILES string of the molecule is C=CCCC(O)CN1CCN(C(=O)c2c(F)cccc2Cl)CC1. The van der Waals surface area contributed by atoms with Crippen LogP contribution in [0.2, 0.25) is 5.02 Å². The van der Waals surface area contributed by atoms with Crippen molar-refractivity contribution in [2.24, 2.45) is 0 Å². The normalized spacial score (nSPS) is 17.1. The number of β-amino-alcohol motifs (C(OH)–C–C–N with tert-alkyl or cyclic N) is 1. The van der Waals surface area contributed by atoms with Gasteiger partial charge >= 0.3 is 0 Å². The van der Waals surface area contributed by atoms with Gasteiger partial charge in [0, 0.05) is 32.7 Å². The summed E-state index contributed by atoms with van der Waals surface area (Å²) in [6.45, 7) is 6.53. The lowest BCUT2D eigenvalue weighted by atomic mass is 10.1. The first kappa shape index (κ1) is 17.9. The van der Waals surface area contributed by atoms with E-state index in [-0.39, 0.29) is 16.5 Å². The molecular weight excluding hydrogens is 319 g/mol. The minimum Gasteiger partial charge on any atom is -0.392 e. The highest BCUT2D eigenvalue weighted by Gasteiger charge is 2.26. The fourth-order valence-electron chi connectivity index (χ4n) is 2.69. The van der Waals surface area contributed by atoms with Crippen molar-refractivity contribution in [3.8, 4) is 0 Å². The van der Waals surface area contributed by atoms with Crippen molar-refractivity contribution in [3.05, 3.63) is 47.3 Å². The minimum atomic E-state index is -0.593. The molecule has 1 N–H and O–H groups in total. The van der Waals surface area contributed by atoms with Gasteiger partial charge in [0.15, 0.2) is 0 Å². The fraction of sp³-hybridized carbons (Fsp3) is 0.471. The summed E-state index contributed by atoms with van der Waals surface area (Å²) in [6, 6.07) is 4.24. The van der Waals surface area contributed by atoms with Crippen molar-refractivity contribution in [3.63, 3.8) is 0 Å². The predicted octanol–water partition coefficient (Wildman–Crippen LogP) is 2.56. The van der Waals surface area contributed by atoms with Gasteiger partial charge in [0.2, 0.25) is 0 Å². The van der Waals surface area contributed by atoms with Gasteiger partial charge in [0.1, 0.15) is 5.82 Å². The quantitative estimate of drug-likeness (QED) is 0.809. The summed E-state index contributed by atoms with van der Waals surface area (Å²) in [4.78, 5) is 16.2. The molecule has 1 aliphatic heterocycles. The number of amides is 1. The lowest BCUT2D eigenvalue weighted by Gasteiger charge is -2.35. The van der Waals surface area contributed by atoms with Crippen molar-refractivity contribution in [2.75, 3.05) is 32.7 Å². The molecule has 4 nitrogen and oxygen atoms in total. The molecule has 1 aliphatic rings. The maximum atomic E-state index is 13.8. The molecule has 1 saturated heterocycles. The molecular formula is C17H22ClFN2O2. The van der Waals surface area contributed by atoms with Crippen LogP contribution in [0.3, 0.4) is 0 Å². The van der Waals surface area contributed by atoms with Crippen molar-refractivity contribution in [1.82, 2.24) is 9.80 Å². The minimum absolute atomic E-state index is 0.0614. The van der Waals surface area contributed by atoms with Gasteiger partial charge in [-0.05, 0) is 25.0 Å². The summed E-state index contributed by atoms with van der Waals surface area (Å²) < 4.78 is 13.8. The molecule has 1 aromatic rings. The average molecular weight is 341 g/mol. The molecule has 2 rings (SSSR count). The van der Waals surface area contributed by atoms with Gasteiger partial charge in [0.05, 0.1) is 16.7 Å². The summed E-state index contributed by atoms with van der Waals surface area (Å²) in [5.74, 6) is -0.968. The smallest absolute Gasteiger partial charge is 0.258 e. The van der Waals surface area contributed by atoms with Crippen molar-refractivity contribution in [2.45, 2.75) is 18.9 Å². The van der Waals surface area contributed by atoms with Crippen LogP contribution >= 0.6 is 11.6 Å². The first-order valence-corrected chi connectivity index (χ1v) is 8.15. The topological polar surface area (TPSA) is 43.8 Å². The highest BCUT2D eigenvalue weighted by molar-refractivity contribution is 6.33. The van der Waals surface area contributed by atoms with Gasteiger partial charge in [-0.3, -0.25) is 9.69 Å². The average Bonchev–Trinajstić information content (AvgIpc) is 2.53. The van der Waals surface area contributed by atoms with Gasteiger partial charge in [0.25, 0.3) is 5.91 Å². The van der Waals surface area contributed by atoms with E-state index in [2.05, 4.69) is 11.5 Å². The van der Waals surface area contributed by atoms with Gasteiger partial charge in [-0.25, -0.2) is 4.39 Å². The molecule has 1 fully saturated rings. The molecule has 1 amide bonds. The molecule has 23 heavy (non-hydrogen) atoms. The van der Waals surface area contributed by atoms with Crippen molar-refractivity contribution < 1.29 is 14.3 Å². The number of carbonyl (C=O) groups excluding carboxylic acids is 1. The Bertz CT molecular complexity index is 539. The van der Waals surface area contributed by atoms with Gasteiger partial charge < -0.3 is 10.0 Å². The number of rotatable bonds is 6. The van der Waals surface area contributed by atoms with E-state index in [1.165, 1.54) is 18.2 Å². The highest BCUT2D eigenvalue weighted by atomic mass is 35.5. The molecule has 1 aromatic carbocycles. The van der Waals surface area contributed by atoms with E-state index in [0.29, 0.717) is 39.1 Å². The summed E-state index contributed by atoms with van der Waals surface area (Å²) in [5.41, 5.74) is -0.0614. The molecule has 0 spiro atoms. The Morgan fingerprint density at radius 1 is 1.39 bits per heavy atom. The number of aliphatic hydroxyl groups is 1. The summed E-state index contributed by atoms with van der Waals surface area (Å²) in [5, 5.41) is 10.1. The maximum Gasteiger partial charge on any atom is 0.258 e. The highest BCUT2D eigenvalue weighted by Crippen LogP contribution is 2.21. The van der Waals surface area contributed by atoms with E-state index in [1.807, 2.05) is 0 Å². The number of allylic oxidation sites excluding steroid dienone is 1. The predicted molar refractivity (Wildman–Crippen MR) is 89.2 cm³/mol. The van der Waals surface area contributed by atoms with Crippen LogP contribution in [0.1, 0.15) is 23.2 Å². The molecule has 0 aliphatic carbocycles. The molecule has 1 unspecified atom stereocenters. The molecule has 0 saturated carbocycles. The van der Waals surface area contributed by atoms with Crippen LogP contribution in [-0.4, -0.2) is 59.6 Å². The Kier molecular flexibility index (Phi) is 6.57. The Labute approximate surface area is 141 Å². The Balaban J connectivity index is 1.89. The second-order valence-electron chi connectivity index (χ2n) is 5.71. The van der Waals surface area contributed by atoms with E-state index in [4.69, 9.17) is 11.6 Å². The van der Waals surface area contributed by atoms with Crippen LogP contribution in [0.15, 0.2) is 30.9 Å². The van der Waals surface area contributed by atoms with Crippen LogP contribution < -0.4 is 0 Å². The third kappa shape index (κ3) is 4.77. The summed E-state index contributed by atoms with van der Waals surface area (Å²) >= 11 is 5.95. The molecule has 126 valence electrons. The number of benzene rings is 1.